The van der Waals surface area contributed by atoms with Crippen molar-refractivity contribution in [1.82, 2.24) is 19.5 Å². The van der Waals surface area contributed by atoms with E-state index in [-0.39, 0.29) is 0 Å². The van der Waals surface area contributed by atoms with Gasteiger partial charge in [0.1, 0.15) is 0 Å². The summed E-state index contributed by atoms with van der Waals surface area (Å²) in [5, 5.41) is 5.12. The van der Waals surface area contributed by atoms with Crippen LogP contribution in [0.25, 0.3) is 106 Å². The summed E-state index contributed by atoms with van der Waals surface area (Å²) in [7, 11) is 0. The zero-order chi connectivity index (χ0) is 34.9. The fourth-order valence-electron chi connectivity index (χ4n) is 8.18. The number of hydrogen-bond donors (Lipinski definition) is 0. The van der Waals surface area contributed by atoms with E-state index in [1.165, 1.54) is 66.0 Å². The minimum atomic E-state index is 0.643. The van der Waals surface area contributed by atoms with Gasteiger partial charge < -0.3 is 4.57 Å². The highest BCUT2D eigenvalue weighted by Crippen LogP contribution is 2.50. The summed E-state index contributed by atoms with van der Waals surface area (Å²) < 4.78 is 2.42. The lowest BCUT2D eigenvalue weighted by Gasteiger charge is -2.15. The Morgan fingerprint density at radius 3 is 1.43 bits per heavy atom. The Morgan fingerprint density at radius 1 is 0.302 bits per heavy atom. The van der Waals surface area contributed by atoms with Gasteiger partial charge in [-0.15, -0.1) is 0 Å². The van der Waals surface area contributed by atoms with Gasteiger partial charge in [-0.25, -0.2) is 15.0 Å². The number of nitrogens with zero attached hydrogens (tertiary/aromatic N) is 4. The highest BCUT2D eigenvalue weighted by molar-refractivity contribution is 6.30. The maximum atomic E-state index is 4.98. The molecule has 2 aromatic heterocycles. The Kier molecular flexibility index (Phi) is 6.52. The topological polar surface area (TPSA) is 43.6 Å². The van der Waals surface area contributed by atoms with Crippen LogP contribution in [-0.2, 0) is 0 Å². The Labute approximate surface area is 306 Å². The van der Waals surface area contributed by atoms with Gasteiger partial charge in [-0.1, -0.05) is 133 Å². The monoisotopic (exact) mass is 674 g/mol. The molecule has 4 nitrogen and oxygen atoms in total. The molecule has 2 heterocycles. The molecule has 0 atom stereocenters. The highest BCUT2D eigenvalue weighted by Gasteiger charge is 2.25. The first-order valence-corrected chi connectivity index (χ1v) is 18.0. The minimum Gasteiger partial charge on any atom is -0.309 e. The number of benzene rings is 8. The number of hydrogen-bond acceptors (Lipinski definition) is 3. The van der Waals surface area contributed by atoms with E-state index in [9.17, 15) is 0 Å². The molecular weight excluding hydrogens is 645 g/mol. The van der Waals surface area contributed by atoms with Crippen molar-refractivity contribution in [1.29, 1.82) is 0 Å². The third-order valence-electron chi connectivity index (χ3n) is 10.6. The molecule has 1 aliphatic rings. The summed E-state index contributed by atoms with van der Waals surface area (Å²) in [6.45, 7) is 0. The fourth-order valence-corrected chi connectivity index (χ4v) is 8.18. The number of fused-ring (bicyclic) bond motifs is 3. The van der Waals surface area contributed by atoms with Crippen molar-refractivity contribution >= 4 is 32.6 Å². The van der Waals surface area contributed by atoms with Crippen molar-refractivity contribution in [3.8, 4) is 73.2 Å². The van der Waals surface area contributed by atoms with Crippen LogP contribution in [0.5, 0.6) is 0 Å². The highest BCUT2D eigenvalue weighted by atomic mass is 15.0. The molecule has 246 valence electrons. The predicted molar refractivity (Wildman–Crippen MR) is 218 cm³/mol. The van der Waals surface area contributed by atoms with Gasteiger partial charge in [-0.2, -0.15) is 0 Å². The standard InChI is InChI=1S/C49H30N4/c1-4-13-31(14-5-1)36-29-35-25-28-43-46-44(35)41(30-36)39-20-11-10-19-38(39)40-21-12-22-42(45(40)46)53(43)37-26-23-34(24-27-37)49-51-47(32-15-6-2-7-16-32)50-48(52-49)33-17-8-3-9-18-33/h1-30H. The van der Waals surface area contributed by atoms with Crippen LogP contribution in [0.1, 0.15) is 0 Å². The van der Waals surface area contributed by atoms with Crippen LogP contribution in [0.2, 0.25) is 0 Å². The Morgan fingerprint density at radius 2 is 0.811 bits per heavy atom. The molecular formula is C49H30N4. The summed E-state index contributed by atoms with van der Waals surface area (Å²) in [4.78, 5) is 14.8. The van der Waals surface area contributed by atoms with Gasteiger partial charge in [-0.05, 0) is 92.7 Å². The van der Waals surface area contributed by atoms with E-state index in [4.69, 9.17) is 15.0 Å². The molecule has 11 rings (SSSR count). The zero-order valence-corrected chi connectivity index (χ0v) is 28.6. The van der Waals surface area contributed by atoms with E-state index >= 15 is 0 Å². The van der Waals surface area contributed by atoms with Crippen molar-refractivity contribution in [2.24, 2.45) is 0 Å². The van der Waals surface area contributed by atoms with Crippen LogP contribution in [-0.4, -0.2) is 19.5 Å². The molecule has 0 unspecified atom stereocenters. The van der Waals surface area contributed by atoms with E-state index < -0.39 is 0 Å². The quantitative estimate of drug-likeness (QED) is 0.182. The summed E-state index contributed by atoms with van der Waals surface area (Å²) in [5.74, 6) is 1.95. The molecule has 0 amide bonds. The molecule has 8 aromatic carbocycles. The van der Waals surface area contributed by atoms with E-state index in [0.29, 0.717) is 17.5 Å². The molecule has 0 aliphatic heterocycles. The first kappa shape index (κ1) is 29.5. The van der Waals surface area contributed by atoms with Crippen molar-refractivity contribution in [3.05, 3.63) is 182 Å². The molecule has 0 bridgehead atoms. The number of rotatable bonds is 5. The van der Waals surface area contributed by atoms with Crippen molar-refractivity contribution in [2.75, 3.05) is 0 Å². The maximum Gasteiger partial charge on any atom is 0.164 e. The van der Waals surface area contributed by atoms with Crippen LogP contribution in [0.15, 0.2) is 182 Å². The van der Waals surface area contributed by atoms with Crippen LogP contribution in [0.3, 0.4) is 0 Å². The van der Waals surface area contributed by atoms with Crippen LogP contribution >= 0.6 is 0 Å². The first-order chi connectivity index (χ1) is 26.3. The van der Waals surface area contributed by atoms with Crippen molar-refractivity contribution < 1.29 is 0 Å². The molecule has 0 spiro atoms. The first-order valence-electron chi connectivity index (χ1n) is 18.0. The lowest BCUT2D eigenvalue weighted by Crippen LogP contribution is -2.00. The predicted octanol–water partition coefficient (Wildman–Crippen LogP) is 12.4. The van der Waals surface area contributed by atoms with Gasteiger partial charge in [0, 0.05) is 33.2 Å². The largest absolute Gasteiger partial charge is 0.309 e. The van der Waals surface area contributed by atoms with E-state index in [0.717, 1.165) is 22.4 Å². The summed E-state index contributed by atoms with van der Waals surface area (Å²) in [6, 6.07) is 64.5. The lowest BCUT2D eigenvalue weighted by atomic mass is 9.90. The van der Waals surface area contributed by atoms with Gasteiger partial charge in [0.05, 0.1) is 11.0 Å². The van der Waals surface area contributed by atoms with E-state index in [1.54, 1.807) is 0 Å². The van der Waals surface area contributed by atoms with Crippen molar-refractivity contribution in [2.45, 2.75) is 0 Å². The van der Waals surface area contributed by atoms with Gasteiger partial charge in [-0.3, -0.25) is 0 Å². The molecule has 1 aliphatic carbocycles. The van der Waals surface area contributed by atoms with Gasteiger partial charge in [0.2, 0.25) is 0 Å². The summed E-state index contributed by atoms with van der Waals surface area (Å²) >= 11 is 0. The molecule has 0 radical (unpaired) electrons. The number of aromatic nitrogens is 4. The maximum absolute atomic E-state index is 4.98. The molecule has 0 fully saturated rings. The van der Waals surface area contributed by atoms with E-state index in [2.05, 4.69) is 126 Å². The minimum absolute atomic E-state index is 0.643. The van der Waals surface area contributed by atoms with Crippen LogP contribution in [0.4, 0.5) is 0 Å². The third kappa shape index (κ3) is 4.66. The molecule has 4 heteroatoms. The van der Waals surface area contributed by atoms with Crippen molar-refractivity contribution in [3.63, 3.8) is 0 Å². The average Bonchev–Trinajstić information content (AvgIpc) is 3.52. The van der Waals surface area contributed by atoms with Crippen LogP contribution < -0.4 is 0 Å². The Balaban J connectivity index is 1.12. The normalized spacial score (nSPS) is 11.8. The lowest BCUT2D eigenvalue weighted by molar-refractivity contribution is 1.07. The summed E-state index contributed by atoms with van der Waals surface area (Å²) in [6.07, 6.45) is 0. The second-order valence-corrected chi connectivity index (χ2v) is 13.6. The molecule has 10 aromatic rings. The smallest absolute Gasteiger partial charge is 0.164 e. The second-order valence-electron chi connectivity index (χ2n) is 13.6. The third-order valence-corrected chi connectivity index (χ3v) is 10.6. The Hall–Kier alpha value is -7.17. The molecule has 0 N–H and O–H groups in total. The molecule has 53 heavy (non-hydrogen) atoms. The van der Waals surface area contributed by atoms with Gasteiger partial charge in [0.15, 0.2) is 17.5 Å². The van der Waals surface area contributed by atoms with Gasteiger partial charge in [0.25, 0.3) is 0 Å². The van der Waals surface area contributed by atoms with Crippen LogP contribution in [0, 0.1) is 0 Å². The van der Waals surface area contributed by atoms with E-state index in [1.807, 2.05) is 60.7 Å². The fraction of sp³-hybridized carbons (Fsp3) is 0. The Bertz CT molecular complexity index is 2960. The second kappa shape index (κ2) is 11.7. The molecule has 0 saturated heterocycles. The zero-order valence-electron chi connectivity index (χ0n) is 28.6. The van der Waals surface area contributed by atoms with Gasteiger partial charge >= 0.3 is 0 Å². The summed E-state index contributed by atoms with van der Waals surface area (Å²) in [5.41, 5.74) is 13.8. The molecule has 0 saturated carbocycles. The average molecular weight is 675 g/mol. The SMILES string of the molecule is c1ccc(-c2cc3c4c(ccc5c4c4c(cccc4n5-c4ccc(-c5nc(-c6ccccc6)nc(-c6ccccc6)n5)cc4)-c4ccccc4-3)c2)cc1.